The van der Waals surface area contributed by atoms with Gasteiger partial charge in [0.1, 0.15) is 0 Å². The second-order valence-corrected chi connectivity index (χ2v) is 10.2. The highest BCUT2D eigenvalue weighted by Gasteiger charge is 2.20. The highest BCUT2D eigenvalue weighted by Crippen LogP contribution is 2.29. The number of nitrogens with zero attached hydrogens (tertiary/aromatic N) is 2. The Labute approximate surface area is 183 Å². The van der Waals surface area contributed by atoms with Gasteiger partial charge in [-0.05, 0) is 42.8 Å². The van der Waals surface area contributed by atoms with Crippen LogP contribution in [0.2, 0.25) is 10.3 Å². The van der Waals surface area contributed by atoms with E-state index in [9.17, 15) is 16.8 Å². The van der Waals surface area contributed by atoms with Gasteiger partial charge in [0, 0.05) is 6.54 Å². The summed E-state index contributed by atoms with van der Waals surface area (Å²) in [6.45, 7) is 2.48. The van der Waals surface area contributed by atoms with Gasteiger partial charge in [0.2, 0.25) is 10.0 Å². The molecule has 30 heavy (non-hydrogen) atoms. The smallest absolute Gasteiger partial charge is 0.262 e. The van der Waals surface area contributed by atoms with E-state index >= 15 is 0 Å². The van der Waals surface area contributed by atoms with Crippen molar-refractivity contribution in [2.75, 3.05) is 16.6 Å². The summed E-state index contributed by atoms with van der Waals surface area (Å²) in [5, 5.41) is 8.16. The zero-order valence-corrected chi connectivity index (χ0v) is 18.7. The van der Waals surface area contributed by atoms with Gasteiger partial charge in [-0.3, -0.25) is 4.72 Å². The molecule has 4 N–H and O–H groups in total. The van der Waals surface area contributed by atoms with Crippen molar-refractivity contribution in [2.24, 2.45) is 5.14 Å². The molecule has 0 atom stereocenters. The van der Waals surface area contributed by atoms with Gasteiger partial charge in [-0.2, -0.15) is 0 Å². The van der Waals surface area contributed by atoms with Gasteiger partial charge in [0.05, 0.1) is 32.2 Å². The van der Waals surface area contributed by atoms with Crippen LogP contribution in [0, 0.1) is 0 Å². The second kappa shape index (κ2) is 8.52. The Kier molecular flexibility index (Phi) is 6.39. The summed E-state index contributed by atoms with van der Waals surface area (Å²) in [5.74, 6) is 0. The number of benzene rings is 2. The third-order valence-corrected chi connectivity index (χ3v) is 6.89. The Balaban J connectivity index is 2.05. The van der Waals surface area contributed by atoms with Crippen LogP contribution in [0.5, 0.6) is 0 Å². The van der Waals surface area contributed by atoms with Crippen LogP contribution in [0.1, 0.15) is 13.3 Å². The van der Waals surface area contributed by atoms with Crippen molar-refractivity contribution in [3.63, 3.8) is 0 Å². The molecule has 0 unspecified atom stereocenters. The fourth-order valence-electron chi connectivity index (χ4n) is 2.56. The Morgan fingerprint density at radius 1 is 0.900 bits per heavy atom. The van der Waals surface area contributed by atoms with Crippen molar-refractivity contribution >= 4 is 65.7 Å². The number of primary sulfonamides is 1. The first-order valence-electron chi connectivity index (χ1n) is 8.57. The van der Waals surface area contributed by atoms with Crippen LogP contribution in [0.25, 0.3) is 11.0 Å². The lowest BCUT2D eigenvalue weighted by atomic mass is 10.2. The van der Waals surface area contributed by atoms with Crippen molar-refractivity contribution in [3.05, 3.63) is 46.7 Å². The van der Waals surface area contributed by atoms with E-state index in [1.807, 2.05) is 6.92 Å². The summed E-state index contributed by atoms with van der Waals surface area (Å²) < 4.78 is 51.7. The van der Waals surface area contributed by atoms with Crippen LogP contribution in [0.4, 0.5) is 11.4 Å². The molecule has 0 amide bonds. The fourth-order valence-corrected chi connectivity index (χ4v) is 4.46. The number of sulfonamides is 2. The highest BCUT2D eigenvalue weighted by molar-refractivity contribution is 7.92. The third kappa shape index (κ3) is 4.93. The highest BCUT2D eigenvalue weighted by atomic mass is 35.5. The Hall–Kier alpha value is -2.18. The van der Waals surface area contributed by atoms with E-state index in [0.717, 1.165) is 12.5 Å². The van der Waals surface area contributed by atoms with E-state index in [1.165, 1.54) is 30.3 Å². The zero-order chi connectivity index (χ0) is 22.1. The Bertz CT molecular complexity index is 1330. The maximum Gasteiger partial charge on any atom is 0.262 e. The largest absolute Gasteiger partial charge is 0.383 e. The number of nitrogens with one attached hydrogen (secondary N) is 2. The summed E-state index contributed by atoms with van der Waals surface area (Å²) in [6, 6.07) is 7.95. The van der Waals surface area contributed by atoms with E-state index in [-0.39, 0.29) is 31.3 Å². The molecule has 0 aliphatic carbocycles. The molecule has 0 saturated carbocycles. The van der Waals surface area contributed by atoms with Crippen LogP contribution in [-0.4, -0.2) is 33.3 Å². The normalized spacial score (nSPS) is 12.1. The van der Waals surface area contributed by atoms with Gasteiger partial charge in [-0.1, -0.05) is 30.1 Å². The molecule has 0 saturated heterocycles. The minimum Gasteiger partial charge on any atom is -0.383 e. The van der Waals surface area contributed by atoms with E-state index in [1.54, 1.807) is 0 Å². The predicted octanol–water partition coefficient (Wildman–Crippen LogP) is 3.21. The molecule has 0 spiro atoms. The molecule has 2 aromatic carbocycles. The molecular weight excluding hydrogens is 473 g/mol. The van der Waals surface area contributed by atoms with Crippen LogP contribution < -0.4 is 15.2 Å². The molecule has 0 aliphatic heterocycles. The third-order valence-electron chi connectivity index (χ3n) is 3.99. The second-order valence-electron chi connectivity index (χ2n) is 6.24. The first-order chi connectivity index (χ1) is 14.0. The standard InChI is InChI=1S/C17H17Cl2N5O4S2/c1-2-7-21-12-5-3-10(29(20,25)26)8-15(12)24-30(27,28)11-4-6-13-14(9-11)23-17(19)16(18)22-13/h3-6,8-9,21,24H,2,7H2,1H3,(H2,20,25,26). The van der Waals surface area contributed by atoms with Gasteiger partial charge in [-0.15, -0.1) is 0 Å². The van der Waals surface area contributed by atoms with Gasteiger partial charge < -0.3 is 5.32 Å². The summed E-state index contributed by atoms with van der Waals surface area (Å²) in [4.78, 5) is 7.72. The monoisotopic (exact) mass is 489 g/mol. The lowest BCUT2D eigenvalue weighted by Gasteiger charge is -2.15. The van der Waals surface area contributed by atoms with Gasteiger partial charge in [0.15, 0.2) is 10.3 Å². The molecule has 0 radical (unpaired) electrons. The molecule has 0 bridgehead atoms. The number of hydrogen-bond donors (Lipinski definition) is 3. The van der Waals surface area contributed by atoms with Gasteiger partial charge in [0.25, 0.3) is 10.0 Å². The number of hydrogen-bond acceptors (Lipinski definition) is 7. The van der Waals surface area contributed by atoms with E-state index in [0.29, 0.717) is 17.7 Å². The number of fused-ring (bicyclic) bond motifs is 1. The van der Waals surface area contributed by atoms with Crippen molar-refractivity contribution in [1.29, 1.82) is 0 Å². The van der Waals surface area contributed by atoms with Crippen LogP contribution in [-0.2, 0) is 20.0 Å². The maximum atomic E-state index is 13.0. The van der Waals surface area contributed by atoms with Crippen LogP contribution in [0.3, 0.4) is 0 Å². The van der Waals surface area contributed by atoms with Gasteiger partial charge in [-0.25, -0.2) is 31.9 Å². The van der Waals surface area contributed by atoms with Crippen LogP contribution >= 0.6 is 23.2 Å². The molecule has 1 heterocycles. The van der Waals surface area contributed by atoms with Crippen LogP contribution in [0.15, 0.2) is 46.2 Å². The predicted molar refractivity (Wildman–Crippen MR) is 117 cm³/mol. The van der Waals surface area contributed by atoms with E-state index in [4.69, 9.17) is 28.3 Å². The lowest BCUT2D eigenvalue weighted by Crippen LogP contribution is -2.17. The Morgan fingerprint density at radius 2 is 1.53 bits per heavy atom. The molecular formula is C17H17Cl2N5O4S2. The maximum absolute atomic E-state index is 13.0. The number of rotatable bonds is 7. The SMILES string of the molecule is CCCNc1ccc(S(N)(=O)=O)cc1NS(=O)(=O)c1ccc2nc(Cl)c(Cl)nc2c1. The minimum absolute atomic E-state index is 0.00403. The van der Waals surface area contributed by atoms with Crippen molar-refractivity contribution < 1.29 is 16.8 Å². The van der Waals surface area contributed by atoms with Crippen molar-refractivity contribution in [2.45, 2.75) is 23.1 Å². The number of nitrogens with two attached hydrogens (primary N) is 1. The molecule has 3 aromatic rings. The molecule has 13 heteroatoms. The summed E-state index contributed by atoms with van der Waals surface area (Å²) >= 11 is 11.7. The fraction of sp³-hybridized carbons (Fsp3) is 0.176. The summed E-state index contributed by atoms with van der Waals surface area (Å²) in [6.07, 6.45) is 0.774. The number of aromatic nitrogens is 2. The number of halogens is 2. The average Bonchev–Trinajstić information content (AvgIpc) is 2.66. The Morgan fingerprint density at radius 3 is 2.17 bits per heavy atom. The van der Waals surface area contributed by atoms with Crippen molar-refractivity contribution in [3.8, 4) is 0 Å². The van der Waals surface area contributed by atoms with Gasteiger partial charge >= 0.3 is 0 Å². The molecule has 160 valence electrons. The van der Waals surface area contributed by atoms with E-state index in [2.05, 4.69) is 20.0 Å². The topological polar surface area (TPSA) is 144 Å². The molecule has 1 aromatic heterocycles. The quantitative estimate of drug-likeness (QED) is 0.461. The average molecular weight is 490 g/mol. The minimum atomic E-state index is -4.11. The molecule has 3 rings (SSSR count). The molecule has 0 aliphatic rings. The molecule has 9 nitrogen and oxygen atoms in total. The zero-order valence-electron chi connectivity index (χ0n) is 15.6. The number of anilines is 2. The van der Waals surface area contributed by atoms with E-state index < -0.39 is 20.0 Å². The first kappa shape index (κ1) is 22.5. The summed E-state index contributed by atoms with van der Waals surface area (Å²) in [7, 11) is -8.14. The lowest BCUT2D eigenvalue weighted by molar-refractivity contribution is 0.596. The van der Waals surface area contributed by atoms with Crippen molar-refractivity contribution in [1.82, 2.24) is 9.97 Å². The summed E-state index contributed by atoms with van der Waals surface area (Å²) in [5.41, 5.74) is 1.04. The molecule has 0 fully saturated rings. The first-order valence-corrected chi connectivity index (χ1v) is 12.4.